The third kappa shape index (κ3) is 3.95. The first-order valence-electron chi connectivity index (χ1n) is 7.27. The molecule has 1 heterocycles. The lowest BCUT2D eigenvalue weighted by Crippen LogP contribution is -2.33. The molecule has 0 amide bonds. The van der Waals surface area contributed by atoms with Crippen LogP contribution >= 0.6 is 0 Å². The third-order valence-electron chi connectivity index (χ3n) is 3.81. The predicted octanol–water partition coefficient (Wildman–Crippen LogP) is 2.66. The maximum atomic E-state index is 9.18. The maximum Gasteiger partial charge on any atom is 0.125 e. The van der Waals surface area contributed by atoms with Crippen molar-refractivity contribution in [2.24, 2.45) is 0 Å². The number of hydrogen-bond acceptors (Lipinski definition) is 3. The molecule has 3 nitrogen and oxygen atoms in total. The van der Waals surface area contributed by atoms with E-state index in [0.29, 0.717) is 0 Å². The molecule has 1 saturated heterocycles. The van der Waals surface area contributed by atoms with Crippen molar-refractivity contribution in [3.63, 3.8) is 0 Å². The van der Waals surface area contributed by atoms with Gasteiger partial charge in [-0.15, -0.1) is 0 Å². The van der Waals surface area contributed by atoms with Crippen molar-refractivity contribution >= 4 is 0 Å². The topological polar surface area (TPSA) is 32.7 Å². The largest absolute Gasteiger partial charge is 0.492 e. The lowest BCUT2D eigenvalue weighted by atomic mass is 10.1. The standard InChI is InChI=1S/C16H25NO2/c1-13-10-15(12-18)11-14(2)16(13)19-9-8-17-6-4-3-5-7-17/h10-11,18H,3-9,12H2,1-2H3. The summed E-state index contributed by atoms with van der Waals surface area (Å²) in [6.45, 7) is 8.37. The van der Waals surface area contributed by atoms with Gasteiger partial charge >= 0.3 is 0 Å². The van der Waals surface area contributed by atoms with Crippen LogP contribution in [0.5, 0.6) is 5.75 Å². The molecule has 19 heavy (non-hydrogen) atoms. The van der Waals surface area contributed by atoms with Crippen LogP contribution in [0.15, 0.2) is 12.1 Å². The molecule has 0 radical (unpaired) electrons. The summed E-state index contributed by atoms with van der Waals surface area (Å²) >= 11 is 0. The van der Waals surface area contributed by atoms with E-state index >= 15 is 0 Å². The number of aliphatic hydroxyl groups excluding tert-OH is 1. The lowest BCUT2D eigenvalue weighted by Gasteiger charge is -2.26. The maximum absolute atomic E-state index is 9.18. The number of aliphatic hydroxyl groups is 1. The van der Waals surface area contributed by atoms with Crippen LogP contribution in [-0.4, -0.2) is 36.2 Å². The molecular weight excluding hydrogens is 238 g/mol. The summed E-state index contributed by atoms with van der Waals surface area (Å²) in [7, 11) is 0. The minimum Gasteiger partial charge on any atom is -0.492 e. The lowest BCUT2D eigenvalue weighted by molar-refractivity contribution is 0.182. The molecule has 0 saturated carbocycles. The van der Waals surface area contributed by atoms with Crippen molar-refractivity contribution < 1.29 is 9.84 Å². The zero-order chi connectivity index (χ0) is 13.7. The van der Waals surface area contributed by atoms with Gasteiger partial charge in [-0.2, -0.15) is 0 Å². The fourth-order valence-electron chi connectivity index (χ4n) is 2.82. The van der Waals surface area contributed by atoms with Crippen molar-refractivity contribution in [2.75, 3.05) is 26.2 Å². The van der Waals surface area contributed by atoms with Crippen LogP contribution in [0.1, 0.15) is 36.0 Å². The predicted molar refractivity (Wildman–Crippen MR) is 77.6 cm³/mol. The second-order valence-electron chi connectivity index (χ2n) is 5.47. The molecule has 1 aliphatic rings. The van der Waals surface area contributed by atoms with Gasteiger partial charge < -0.3 is 9.84 Å². The average Bonchev–Trinajstić information content (AvgIpc) is 2.42. The first-order valence-corrected chi connectivity index (χ1v) is 7.27. The van der Waals surface area contributed by atoms with Crippen LogP contribution in [0.4, 0.5) is 0 Å². The SMILES string of the molecule is Cc1cc(CO)cc(C)c1OCCN1CCCCC1. The van der Waals surface area contributed by atoms with E-state index in [1.54, 1.807) is 0 Å². The molecule has 1 fully saturated rings. The van der Waals surface area contributed by atoms with E-state index in [1.165, 1.54) is 32.4 Å². The molecule has 0 spiro atoms. The van der Waals surface area contributed by atoms with Crippen molar-refractivity contribution in [1.29, 1.82) is 0 Å². The van der Waals surface area contributed by atoms with Crippen molar-refractivity contribution in [3.8, 4) is 5.75 Å². The van der Waals surface area contributed by atoms with Gasteiger partial charge in [-0.1, -0.05) is 18.6 Å². The number of likely N-dealkylation sites (tertiary alicyclic amines) is 1. The van der Waals surface area contributed by atoms with Crippen LogP contribution < -0.4 is 4.74 Å². The Hall–Kier alpha value is -1.06. The molecule has 2 rings (SSSR count). The van der Waals surface area contributed by atoms with E-state index in [1.807, 2.05) is 26.0 Å². The highest BCUT2D eigenvalue weighted by Gasteiger charge is 2.11. The van der Waals surface area contributed by atoms with E-state index < -0.39 is 0 Å². The normalized spacial score (nSPS) is 16.6. The van der Waals surface area contributed by atoms with Crippen LogP contribution in [0.3, 0.4) is 0 Å². The van der Waals surface area contributed by atoms with Crippen LogP contribution in [0.2, 0.25) is 0 Å². The summed E-state index contributed by atoms with van der Waals surface area (Å²) in [5.74, 6) is 0.981. The average molecular weight is 263 g/mol. The van der Waals surface area contributed by atoms with Crippen molar-refractivity contribution in [2.45, 2.75) is 39.7 Å². The zero-order valence-corrected chi connectivity index (χ0v) is 12.1. The minimum atomic E-state index is 0.0930. The zero-order valence-electron chi connectivity index (χ0n) is 12.1. The smallest absolute Gasteiger partial charge is 0.125 e. The van der Waals surface area contributed by atoms with Gasteiger partial charge in [0.25, 0.3) is 0 Å². The van der Waals surface area contributed by atoms with Crippen LogP contribution in [0, 0.1) is 13.8 Å². The van der Waals surface area contributed by atoms with E-state index in [2.05, 4.69) is 4.90 Å². The van der Waals surface area contributed by atoms with E-state index in [0.717, 1.165) is 35.6 Å². The first-order chi connectivity index (χ1) is 9.20. The quantitative estimate of drug-likeness (QED) is 0.886. The Bertz CT molecular complexity index is 388. The number of aryl methyl sites for hydroxylation is 2. The molecule has 1 aliphatic heterocycles. The molecule has 1 aromatic carbocycles. The molecule has 1 aromatic rings. The molecule has 0 aliphatic carbocycles. The molecule has 0 aromatic heterocycles. The van der Waals surface area contributed by atoms with Gasteiger partial charge in [-0.05, 0) is 56.5 Å². The number of nitrogens with zero attached hydrogens (tertiary/aromatic N) is 1. The summed E-state index contributed by atoms with van der Waals surface area (Å²) in [6.07, 6.45) is 4.02. The number of piperidine rings is 1. The highest BCUT2D eigenvalue weighted by molar-refractivity contribution is 5.43. The van der Waals surface area contributed by atoms with Gasteiger partial charge in [-0.25, -0.2) is 0 Å². The molecule has 1 N–H and O–H groups in total. The highest BCUT2D eigenvalue weighted by atomic mass is 16.5. The number of rotatable bonds is 5. The minimum absolute atomic E-state index is 0.0930. The number of benzene rings is 1. The van der Waals surface area contributed by atoms with Crippen LogP contribution in [0.25, 0.3) is 0 Å². The summed E-state index contributed by atoms with van der Waals surface area (Å²) < 4.78 is 5.95. The Kier molecular flexibility index (Phi) is 5.23. The fourth-order valence-corrected chi connectivity index (χ4v) is 2.82. The van der Waals surface area contributed by atoms with Crippen LogP contribution in [-0.2, 0) is 6.61 Å². The van der Waals surface area contributed by atoms with Gasteiger partial charge in [0, 0.05) is 6.54 Å². The second kappa shape index (κ2) is 6.92. The summed E-state index contributed by atoms with van der Waals surface area (Å²) in [5.41, 5.74) is 3.18. The molecule has 3 heteroatoms. The fraction of sp³-hybridized carbons (Fsp3) is 0.625. The summed E-state index contributed by atoms with van der Waals surface area (Å²) in [5, 5.41) is 9.18. The molecule has 0 unspecified atom stereocenters. The van der Waals surface area contributed by atoms with Gasteiger partial charge in [0.15, 0.2) is 0 Å². The van der Waals surface area contributed by atoms with E-state index in [-0.39, 0.29) is 6.61 Å². The Morgan fingerprint density at radius 1 is 1.11 bits per heavy atom. The van der Waals surface area contributed by atoms with Crippen molar-refractivity contribution in [1.82, 2.24) is 4.90 Å². The van der Waals surface area contributed by atoms with Gasteiger partial charge in [-0.3, -0.25) is 4.90 Å². The Labute approximate surface area is 116 Å². The van der Waals surface area contributed by atoms with E-state index in [4.69, 9.17) is 4.74 Å². The summed E-state index contributed by atoms with van der Waals surface area (Å²) in [6, 6.07) is 4.01. The van der Waals surface area contributed by atoms with Gasteiger partial charge in [0.2, 0.25) is 0 Å². The third-order valence-corrected chi connectivity index (χ3v) is 3.81. The Balaban J connectivity index is 1.88. The monoisotopic (exact) mass is 263 g/mol. The first kappa shape index (κ1) is 14.4. The summed E-state index contributed by atoms with van der Waals surface area (Å²) in [4.78, 5) is 2.48. The van der Waals surface area contributed by atoms with Gasteiger partial charge in [0.05, 0.1) is 6.61 Å². The Morgan fingerprint density at radius 2 is 1.74 bits per heavy atom. The number of hydrogen-bond donors (Lipinski definition) is 1. The van der Waals surface area contributed by atoms with Gasteiger partial charge in [0.1, 0.15) is 12.4 Å². The molecular formula is C16H25NO2. The highest BCUT2D eigenvalue weighted by Crippen LogP contribution is 2.25. The number of ether oxygens (including phenoxy) is 1. The Morgan fingerprint density at radius 3 is 2.32 bits per heavy atom. The van der Waals surface area contributed by atoms with E-state index in [9.17, 15) is 5.11 Å². The molecule has 106 valence electrons. The molecule has 0 atom stereocenters. The van der Waals surface area contributed by atoms with Crippen molar-refractivity contribution in [3.05, 3.63) is 28.8 Å². The molecule has 0 bridgehead atoms. The second-order valence-corrected chi connectivity index (χ2v) is 5.47.